The first kappa shape index (κ1) is 31.4. The average Bonchev–Trinajstić information content (AvgIpc) is 2.81. The number of ketones is 1. The van der Waals surface area contributed by atoms with Crippen LogP contribution >= 0.6 is 0 Å². The Bertz CT molecular complexity index is 715. The second-order valence-electron chi connectivity index (χ2n) is 11.3. The zero-order valence-electron chi connectivity index (χ0n) is 23.3. The molecule has 0 bridgehead atoms. The standard InChI is InChI=1S/C29H51NO4Si/c1-7-8-9-10-11-12-13-17-20-27(31)22-21-26(24-34-35(5,6)29(2,3)4)30-28(32)33-23-25-18-15-14-16-19-25/h14-16,18-19,26H,7-13,17,20-24H2,1-6H3,(H,30,32). The molecular formula is C29H51NO4Si. The third kappa shape index (κ3) is 14.5. The van der Waals surface area contributed by atoms with E-state index in [1.54, 1.807) is 0 Å². The molecule has 1 rings (SSSR count). The summed E-state index contributed by atoms with van der Waals surface area (Å²) in [6, 6.07) is 9.39. The molecule has 0 saturated heterocycles. The van der Waals surface area contributed by atoms with Crippen LogP contribution in [0.15, 0.2) is 30.3 Å². The lowest BCUT2D eigenvalue weighted by atomic mass is 10.0. The highest BCUT2D eigenvalue weighted by molar-refractivity contribution is 6.74. The van der Waals surface area contributed by atoms with Crippen molar-refractivity contribution in [2.75, 3.05) is 6.61 Å². The number of alkyl carbamates (subject to hydrolysis) is 1. The Morgan fingerprint density at radius 2 is 1.51 bits per heavy atom. The van der Waals surface area contributed by atoms with E-state index in [0.29, 0.717) is 25.9 Å². The van der Waals surface area contributed by atoms with Crippen LogP contribution < -0.4 is 5.32 Å². The highest BCUT2D eigenvalue weighted by Crippen LogP contribution is 2.36. The molecule has 0 aliphatic rings. The van der Waals surface area contributed by atoms with E-state index in [1.807, 2.05) is 30.3 Å². The summed E-state index contributed by atoms with van der Waals surface area (Å²) in [5.41, 5.74) is 0.942. The van der Waals surface area contributed by atoms with Gasteiger partial charge < -0.3 is 14.5 Å². The normalized spacial score (nSPS) is 12.9. The van der Waals surface area contributed by atoms with Gasteiger partial charge in [0.05, 0.1) is 12.6 Å². The van der Waals surface area contributed by atoms with Gasteiger partial charge in [0.1, 0.15) is 12.4 Å². The van der Waals surface area contributed by atoms with Gasteiger partial charge >= 0.3 is 6.09 Å². The highest BCUT2D eigenvalue weighted by atomic mass is 28.4. The zero-order chi connectivity index (χ0) is 26.2. The second-order valence-corrected chi connectivity index (χ2v) is 16.1. The molecule has 6 heteroatoms. The molecule has 0 saturated carbocycles. The van der Waals surface area contributed by atoms with Crippen molar-refractivity contribution in [1.82, 2.24) is 5.32 Å². The van der Waals surface area contributed by atoms with Crippen molar-refractivity contribution in [2.45, 2.75) is 129 Å². The maximum absolute atomic E-state index is 12.5. The molecule has 1 unspecified atom stereocenters. The zero-order valence-corrected chi connectivity index (χ0v) is 24.3. The molecular weight excluding hydrogens is 454 g/mol. The summed E-state index contributed by atoms with van der Waals surface area (Å²) in [5, 5.41) is 3.03. The van der Waals surface area contributed by atoms with Gasteiger partial charge in [-0.15, -0.1) is 0 Å². The Labute approximate surface area is 215 Å². The van der Waals surface area contributed by atoms with Crippen LogP contribution in [0.25, 0.3) is 0 Å². The van der Waals surface area contributed by atoms with Crippen molar-refractivity contribution < 1.29 is 18.8 Å². The second kappa shape index (κ2) is 16.9. The summed E-state index contributed by atoms with van der Waals surface area (Å²) in [5.74, 6) is 0.271. The number of hydrogen-bond acceptors (Lipinski definition) is 4. The number of ether oxygens (including phenoxy) is 1. The molecule has 1 amide bonds. The lowest BCUT2D eigenvalue weighted by Gasteiger charge is -2.37. The monoisotopic (exact) mass is 505 g/mol. The number of carbonyl (C=O) groups excluding carboxylic acids is 2. The van der Waals surface area contributed by atoms with Crippen LogP contribution in [-0.4, -0.2) is 32.8 Å². The largest absolute Gasteiger partial charge is 0.445 e. The molecule has 0 aromatic heterocycles. The molecule has 1 N–H and O–H groups in total. The highest BCUT2D eigenvalue weighted by Gasteiger charge is 2.37. The Morgan fingerprint density at radius 3 is 2.11 bits per heavy atom. The Morgan fingerprint density at radius 1 is 0.914 bits per heavy atom. The van der Waals surface area contributed by atoms with Crippen LogP contribution in [0.5, 0.6) is 0 Å². The molecule has 0 aliphatic carbocycles. The van der Waals surface area contributed by atoms with Crippen LogP contribution in [0.2, 0.25) is 18.1 Å². The van der Waals surface area contributed by atoms with Gasteiger partial charge in [0.25, 0.3) is 0 Å². The van der Waals surface area contributed by atoms with Gasteiger partial charge in [0.15, 0.2) is 8.32 Å². The number of benzene rings is 1. The molecule has 1 aromatic carbocycles. The molecule has 1 aromatic rings. The summed E-state index contributed by atoms with van der Waals surface area (Å²) in [6.07, 6.45) is 11.0. The van der Waals surface area contributed by atoms with Crippen molar-refractivity contribution in [3.05, 3.63) is 35.9 Å². The van der Waals surface area contributed by atoms with E-state index in [-0.39, 0.29) is 23.5 Å². The van der Waals surface area contributed by atoms with Gasteiger partial charge in [0, 0.05) is 12.8 Å². The lowest BCUT2D eigenvalue weighted by Crippen LogP contribution is -2.46. The van der Waals surface area contributed by atoms with Crippen molar-refractivity contribution in [3.8, 4) is 0 Å². The van der Waals surface area contributed by atoms with Crippen molar-refractivity contribution in [2.24, 2.45) is 0 Å². The Kier molecular flexibility index (Phi) is 15.2. The average molecular weight is 506 g/mol. The number of nitrogens with one attached hydrogen (secondary N) is 1. The minimum absolute atomic E-state index is 0.0811. The number of hydrogen-bond donors (Lipinski definition) is 1. The number of amides is 1. The van der Waals surface area contributed by atoms with Crippen LogP contribution in [0, 0.1) is 0 Å². The van der Waals surface area contributed by atoms with E-state index in [9.17, 15) is 9.59 Å². The third-order valence-corrected chi connectivity index (χ3v) is 11.6. The van der Waals surface area contributed by atoms with E-state index in [4.69, 9.17) is 9.16 Å². The predicted molar refractivity (Wildman–Crippen MR) is 148 cm³/mol. The molecule has 0 heterocycles. The van der Waals surface area contributed by atoms with E-state index in [1.165, 1.54) is 38.5 Å². The summed E-state index contributed by atoms with van der Waals surface area (Å²) in [6.45, 7) is 13.9. The smallest absolute Gasteiger partial charge is 0.407 e. The van der Waals surface area contributed by atoms with Crippen LogP contribution in [0.3, 0.4) is 0 Å². The predicted octanol–water partition coefficient (Wildman–Crippen LogP) is 8.18. The number of rotatable bonds is 18. The summed E-state index contributed by atoms with van der Waals surface area (Å²) in [4.78, 5) is 25.0. The first-order valence-corrected chi connectivity index (χ1v) is 16.6. The first-order chi connectivity index (χ1) is 16.5. The summed E-state index contributed by atoms with van der Waals surface area (Å²) >= 11 is 0. The Balaban J connectivity index is 2.48. The minimum atomic E-state index is -1.97. The van der Waals surface area contributed by atoms with E-state index in [0.717, 1.165) is 18.4 Å². The van der Waals surface area contributed by atoms with Gasteiger partial charge in [-0.3, -0.25) is 4.79 Å². The molecule has 200 valence electrons. The van der Waals surface area contributed by atoms with Gasteiger partial charge in [-0.2, -0.15) is 0 Å². The SMILES string of the molecule is CCCCCCCCCCC(=O)CCC(CO[Si](C)(C)C(C)(C)C)NC(=O)OCc1ccccc1. The summed E-state index contributed by atoms with van der Waals surface area (Å²) in [7, 11) is -1.97. The maximum atomic E-state index is 12.5. The van der Waals surface area contributed by atoms with Gasteiger partial charge in [0.2, 0.25) is 0 Å². The maximum Gasteiger partial charge on any atom is 0.407 e. The van der Waals surface area contributed by atoms with Crippen LogP contribution in [0.1, 0.15) is 104 Å². The van der Waals surface area contributed by atoms with Gasteiger partial charge in [-0.1, -0.05) is 103 Å². The van der Waals surface area contributed by atoms with Crippen molar-refractivity contribution in [1.29, 1.82) is 0 Å². The third-order valence-electron chi connectivity index (χ3n) is 7.07. The number of Topliss-reactive ketones (excluding diaryl/α,β-unsaturated/α-hetero) is 1. The molecule has 0 fully saturated rings. The van der Waals surface area contributed by atoms with Crippen molar-refractivity contribution in [3.63, 3.8) is 0 Å². The van der Waals surface area contributed by atoms with Crippen molar-refractivity contribution >= 4 is 20.2 Å². The lowest BCUT2D eigenvalue weighted by molar-refractivity contribution is -0.119. The quantitative estimate of drug-likeness (QED) is 0.161. The van der Waals surface area contributed by atoms with E-state index >= 15 is 0 Å². The van der Waals surface area contributed by atoms with E-state index < -0.39 is 14.4 Å². The van der Waals surface area contributed by atoms with Crippen LogP contribution in [-0.2, 0) is 20.6 Å². The molecule has 0 spiro atoms. The number of carbonyl (C=O) groups is 2. The first-order valence-electron chi connectivity index (χ1n) is 13.7. The topological polar surface area (TPSA) is 64.6 Å². The summed E-state index contributed by atoms with van der Waals surface area (Å²) < 4.78 is 11.8. The minimum Gasteiger partial charge on any atom is -0.445 e. The molecule has 0 radical (unpaired) electrons. The fourth-order valence-electron chi connectivity index (χ4n) is 3.57. The molecule has 5 nitrogen and oxygen atoms in total. The molecule has 1 atom stereocenters. The fraction of sp³-hybridized carbons (Fsp3) is 0.724. The molecule has 35 heavy (non-hydrogen) atoms. The number of unbranched alkanes of at least 4 members (excludes halogenated alkanes) is 7. The van der Waals surface area contributed by atoms with Gasteiger partial charge in [-0.05, 0) is 36.5 Å². The fourth-order valence-corrected chi connectivity index (χ4v) is 4.62. The van der Waals surface area contributed by atoms with Gasteiger partial charge in [-0.25, -0.2) is 4.79 Å². The van der Waals surface area contributed by atoms with Crippen LogP contribution in [0.4, 0.5) is 4.79 Å². The van der Waals surface area contributed by atoms with E-state index in [2.05, 4.69) is 46.1 Å². The Hall–Kier alpha value is -1.66. The molecule has 0 aliphatic heterocycles.